The average Bonchev–Trinajstić information content (AvgIpc) is 3.59. The Balaban J connectivity index is 1.37. The highest BCUT2D eigenvalue weighted by Crippen LogP contribution is 2.39. The molecule has 1 saturated heterocycles. The zero-order valence-corrected chi connectivity index (χ0v) is 20.8. The average molecular weight is 533 g/mol. The number of aromatic nitrogens is 3. The van der Waals surface area contributed by atoms with Gasteiger partial charge in [0.05, 0.1) is 23.8 Å². The number of nitrogens with two attached hydrogens (primary N) is 1. The molecule has 0 bridgehead atoms. The van der Waals surface area contributed by atoms with Gasteiger partial charge in [0, 0.05) is 24.1 Å². The Hall–Kier alpha value is -3.70. The van der Waals surface area contributed by atoms with Crippen molar-refractivity contribution in [1.82, 2.24) is 24.8 Å². The van der Waals surface area contributed by atoms with E-state index in [0.29, 0.717) is 23.5 Å². The summed E-state index contributed by atoms with van der Waals surface area (Å²) in [5, 5.41) is 6.62. The first-order chi connectivity index (χ1) is 18.0. The van der Waals surface area contributed by atoms with Gasteiger partial charge in [-0.15, -0.1) is 0 Å². The molecular weight excluding hydrogens is 504 g/mol. The van der Waals surface area contributed by atoms with Crippen molar-refractivity contribution in [3.05, 3.63) is 47.3 Å². The van der Waals surface area contributed by atoms with Crippen LogP contribution in [-0.2, 0) is 11.0 Å². The fourth-order valence-corrected chi connectivity index (χ4v) is 5.46. The van der Waals surface area contributed by atoms with E-state index in [-0.39, 0.29) is 41.6 Å². The molecule has 2 aliphatic rings. The number of likely N-dealkylation sites (tertiary alicyclic amines) is 1. The van der Waals surface area contributed by atoms with E-state index in [4.69, 9.17) is 5.73 Å². The molecule has 3 heterocycles. The van der Waals surface area contributed by atoms with E-state index < -0.39 is 29.9 Å². The van der Waals surface area contributed by atoms with E-state index in [1.165, 1.54) is 11.0 Å². The molecule has 2 aromatic heterocycles. The number of hydrogen-bond donors (Lipinski definition) is 2. The van der Waals surface area contributed by atoms with Crippen LogP contribution in [0.25, 0.3) is 16.8 Å². The number of alkyl halides is 4. The molecular formula is C26H28F4N6O2. The van der Waals surface area contributed by atoms with E-state index in [9.17, 15) is 27.2 Å². The lowest BCUT2D eigenvalue weighted by Crippen LogP contribution is -2.42. The number of aryl methyl sites for hydroxylation is 1. The lowest BCUT2D eigenvalue weighted by molar-refractivity contribution is -0.136. The molecule has 12 heteroatoms. The first kappa shape index (κ1) is 25.9. The van der Waals surface area contributed by atoms with Gasteiger partial charge in [-0.25, -0.2) is 13.9 Å². The van der Waals surface area contributed by atoms with Gasteiger partial charge in [0.2, 0.25) is 5.91 Å². The Kier molecular flexibility index (Phi) is 6.74. The summed E-state index contributed by atoms with van der Waals surface area (Å²) in [6.07, 6.45) is -0.438. The first-order valence-corrected chi connectivity index (χ1v) is 12.6. The molecule has 1 aliphatic heterocycles. The molecule has 1 aromatic carbocycles. The van der Waals surface area contributed by atoms with Crippen LogP contribution in [0, 0.1) is 12.8 Å². The topological polar surface area (TPSA) is 106 Å². The maximum Gasteiger partial charge on any atom is 0.418 e. The van der Waals surface area contributed by atoms with Crippen LogP contribution in [0.5, 0.6) is 0 Å². The van der Waals surface area contributed by atoms with Crippen molar-refractivity contribution in [2.75, 3.05) is 18.8 Å². The monoisotopic (exact) mass is 532 g/mol. The second kappa shape index (κ2) is 9.88. The predicted octanol–water partition coefficient (Wildman–Crippen LogP) is 4.16. The van der Waals surface area contributed by atoms with Crippen LogP contribution in [0.3, 0.4) is 0 Å². The molecule has 2 fully saturated rings. The number of anilines is 1. The van der Waals surface area contributed by atoms with E-state index in [1.807, 2.05) is 0 Å². The summed E-state index contributed by atoms with van der Waals surface area (Å²) in [7, 11) is 0. The third-order valence-electron chi connectivity index (χ3n) is 7.52. The molecule has 5 rings (SSSR count). The summed E-state index contributed by atoms with van der Waals surface area (Å²) >= 11 is 0. The number of amides is 2. The Morgan fingerprint density at radius 3 is 2.61 bits per heavy atom. The maximum absolute atomic E-state index is 14.8. The number of halogens is 4. The van der Waals surface area contributed by atoms with Crippen LogP contribution in [0.2, 0.25) is 0 Å². The van der Waals surface area contributed by atoms with E-state index in [2.05, 4.69) is 15.4 Å². The summed E-state index contributed by atoms with van der Waals surface area (Å²) in [6.45, 7) is 1.67. The highest BCUT2D eigenvalue weighted by atomic mass is 19.4. The van der Waals surface area contributed by atoms with Crippen LogP contribution in [0.15, 0.2) is 30.6 Å². The predicted molar refractivity (Wildman–Crippen MR) is 132 cm³/mol. The van der Waals surface area contributed by atoms with E-state index >= 15 is 0 Å². The van der Waals surface area contributed by atoms with Gasteiger partial charge in [-0.1, -0.05) is 25.0 Å². The fourth-order valence-electron chi connectivity index (χ4n) is 5.46. The van der Waals surface area contributed by atoms with Crippen LogP contribution in [0.1, 0.15) is 53.6 Å². The Labute approximate surface area is 216 Å². The SMILES string of the molecule is Cc1ccc(-c2cc(C(F)(F)F)c3c(N)ncnn23)cc1C(=O)N[C@@H]1CN(C(=O)CC2CCCC2)C[C@@H]1F. The number of carbonyl (C=O) groups excluding carboxylic acids is 2. The number of fused-ring (bicyclic) bond motifs is 1. The van der Waals surface area contributed by atoms with Gasteiger partial charge in [-0.05, 0) is 43.4 Å². The fraction of sp³-hybridized carbons (Fsp3) is 0.462. The van der Waals surface area contributed by atoms with Crippen LogP contribution >= 0.6 is 0 Å². The highest BCUT2D eigenvalue weighted by molar-refractivity contribution is 5.97. The number of nitrogens with one attached hydrogen (secondary N) is 1. The molecule has 0 unspecified atom stereocenters. The highest BCUT2D eigenvalue weighted by Gasteiger charge is 2.38. The second-order valence-corrected chi connectivity index (χ2v) is 10.1. The third-order valence-corrected chi connectivity index (χ3v) is 7.52. The van der Waals surface area contributed by atoms with E-state index in [1.54, 1.807) is 19.1 Å². The second-order valence-electron chi connectivity index (χ2n) is 10.1. The van der Waals surface area contributed by atoms with Crippen molar-refractivity contribution < 1.29 is 27.2 Å². The van der Waals surface area contributed by atoms with Crippen molar-refractivity contribution in [2.45, 2.75) is 57.4 Å². The van der Waals surface area contributed by atoms with Crippen molar-refractivity contribution in [3.63, 3.8) is 0 Å². The molecule has 202 valence electrons. The molecule has 3 N–H and O–H groups in total. The minimum absolute atomic E-state index is 0.0726. The summed E-state index contributed by atoms with van der Waals surface area (Å²) in [5.74, 6) is -0.668. The van der Waals surface area contributed by atoms with Crippen molar-refractivity contribution >= 4 is 23.1 Å². The molecule has 3 aromatic rings. The van der Waals surface area contributed by atoms with Gasteiger partial charge in [-0.2, -0.15) is 18.3 Å². The third kappa shape index (κ3) is 4.91. The maximum atomic E-state index is 14.8. The number of benzene rings is 1. The molecule has 2 amide bonds. The van der Waals surface area contributed by atoms with E-state index in [0.717, 1.165) is 42.6 Å². The van der Waals surface area contributed by atoms with Gasteiger partial charge in [0.15, 0.2) is 5.82 Å². The molecule has 1 saturated carbocycles. The number of hydrogen-bond acceptors (Lipinski definition) is 5. The molecule has 8 nitrogen and oxygen atoms in total. The summed E-state index contributed by atoms with van der Waals surface area (Å²) in [4.78, 5) is 31.0. The minimum atomic E-state index is -4.70. The summed E-state index contributed by atoms with van der Waals surface area (Å²) in [5.41, 5.74) is 5.45. The zero-order chi connectivity index (χ0) is 27.2. The van der Waals surface area contributed by atoms with Crippen molar-refractivity contribution in [3.8, 4) is 11.3 Å². The quantitative estimate of drug-likeness (QED) is 0.480. The Bertz CT molecular complexity index is 1380. The number of rotatable bonds is 5. The Morgan fingerprint density at radius 1 is 1.16 bits per heavy atom. The summed E-state index contributed by atoms with van der Waals surface area (Å²) < 4.78 is 57.0. The lowest BCUT2D eigenvalue weighted by Gasteiger charge is -2.19. The van der Waals surface area contributed by atoms with Gasteiger partial charge in [0.25, 0.3) is 5.91 Å². The minimum Gasteiger partial charge on any atom is -0.382 e. The van der Waals surface area contributed by atoms with Crippen molar-refractivity contribution in [1.29, 1.82) is 0 Å². The molecule has 0 radical (unpaired) electrons. The van der Waals surface area contributed by atoms with Gasteiger partial charge in [-0.3, -0.25) is 9.59 Å². The van der Waals surface area contributed by atoms with Crippen LogP contribution < -0.4 is 11.1 Å². The van der Waals surface area contributed by atoms with Gasteiger partial charge in [0.1, 0.15) is 18.0 Å². The van der Waals surface area contributed by atoms with Gasteiger partial charge < -0.3 is 16.0 Å². The van der Waals surface area contributed by atoms with Gasteiger partial charge >= 0.3 is 6.18 Å². The number of nitrogens with zero attached hydrogens (tertiary/aromatic N) is 4. The zero-order valence-electron chi connectivity index (χ0n) is 20.8. The standard InChI is InChI=1S/C26H28F4N6O2/c1-14-6-7-16(21-10-18(26(28,29)30)23-24(31)32-13-33-36(21)23)9-17(14)25(38)34-20-12-35(11-19(20)27)22(37)8-15-4-2-3-5-15/h6-7,9-10,13,15,19-20H,2-5,8,11-12H2,1H3,(H,34,38)(H2,31,32,33)/t19-,20+/m0/s1. The van der Waals surface area contributed by atoms with Crippen LogP contribution in [0.4, 0.5) is 23.4 Å². The molecule has 38 heavy (non-hydrogen) atoms. The molecule has 1 aliphatic carbocycles. The first-order valence-electron chi connectivity index (χ1n) is 12.6. The van der Waals surface area contributed by atoms with Crippen LogP contribution in [-0.4, -0.2) is 56.6 Å². The normalized spacial score (nSPS) is 20.4. The smallest absolute Gasteiger partial charge is 0.382 e. The summed E-state index contributed by atoms with van der Waals surface area (Å²) in [6, 6.07) is 4.64. The number of carbonyl (C=O) groups is 2. The van der Waals surface area contributed by atoms with Crippen molar-refractivity contribution in [2.24, 2.45) is 5.92 Å². The largest absolute Gasteiger partial charge is 0.418 e. The number of nitrogen functional groups attached to an aromatic ring is 1. The lowest BCUT2D eigenvalue weighted by atomic mass is 10.0. The molecule has 2 atom stereocenters. The Morgan fingerprint density at radius 2 is 1.89 bits per heavy atom. The molecule has 0 spiro atoms.